The molecule has 1 fully saturated rings. The number of aliphatic hydroxyl groups excluding tert-OH is 1. The van der Waals surface area contributed by atoms with Crippen LogP contribution in [0.4, 0.5) is 5.69 Å². The Hall–Kier alpha value is -4.20. The van der Waals surface area contributed by atoms with Crippen LogP contribution >= 0.6 is 0 Å². The van der Waals surface area contributed by atoms with Crippen molar-refractivity contribution in [1.82, 2.24) is 0 Å². The summed E-state index contributed by atoms with van der Waals surface area (Å²) in [5.74, 6) is 0.324. The number of aryl methyl sites for hydroxylation is 1. The van der Waals surface area contributed by atoms with Gasteiger partial charge in [0.2, 0.25) is 0 Å². The first kappa shape index (κ1) is 24.9. The maximum Gasteiger partial charge on any atom is 0.300 e. The van der Waals surface area contributed by atoms with Crippen LogP contribution in [0.15, 0.2) is 64.8 Å². The summed E-state index contributed by atoms with van der Waals surface area (Å²) >= 11 is 0. The van der Waals surface area contributed by atoms with E-state index in [0.717, 1.165) is 5.56 Å². The number of rotatable bonds is 8. The lowest BCUT2D eigenvalue weighted by Crippen LogP contribution is -2.29. The Labute approximate surface area is 209 Å². The van der Waals surface area contributed by atoms with Crippen molar-refractivity contribution >= 4 is 23.1 Å². The summed E-state index contributed by atoms with van der Waals surface area (Å²) in [5.41, 5.74) is 1.47. The number of aliphatic hydroxyl groups is 1. The van der Waals surface area contributed by atoms with E-state index in [0.29, 0.717) is 46.8 Å². The van der Waals surface area contributed by atoms with E-state index in [1.54, 1.807) is 48.5 Å². The predicted octanol–water partition coefficient (Wildman–Crippen LogP) is 5.27. The van der Waals surface area contributed by atoms with E-state index in [2.05, 4.69) is 13.8 Å². The van der Waals surface area contributed by atoms with Crippen LogP contribution in [0.1, 0.15) is 36.8 Å². The van der Waals surface area contributed by atoms with Gasteiger partial charge in [0.15, 0.2) is 0 Å². The number of nitrogens with zero attached hydrogens (tertiary/aromatic N) is 1. The maximum absolute atomic E-state index is 13.3. The minimum absolute atomic E-state index is 0.0769. The number of Topliss-reactive ketones (excluding diaryl/α,β-unsaturated/α-hetero) is 1. The van der Waals surface area contributed by atoms with Crippen molar-refractivity contribution < 1.29 is 33.3 Å². The molecule has 1 unspecified atom stereocenters. The van der Waals surface area contributed by atoms with Gasteiger partial charge in [-0.15, -0.1) is 0 Å². The topological polar surface area (TPSA) is 98.4 Å². The van der Waals surface area contributed by atoms with Gasteiger partial charge >= 0.3 is 0 Å². The molecule has 0 saturated carbocycles. The van der Waals surface area contributed by atoms with E-state index in [9.17, 15) is 14.7 Å². The van der Waals surface area contributed by atoms with Gasteiger partial charge in [0.1, 0.15) is 34.8 Å². The molecule has 4 rings (SSSR count). The second kappa shape index (κ2) is 10.2. The Bertz CT molecular complexity index is 1290. The minimum Gasteiger partial charge on any atom is -0.507 e. The second-order valence-corrected chi connectivity index (χ2v) is 8.94. The molecule has 0 spiro atoms. The first-order valence-corrected chi connectivity index (χ1v) is 11.6. The fraction of sp³-hybridized carbons (Fsp3) is 0.286. The lowest BCUT2D eigenvalue weighted by Gasteiger charge is -2.24. The molecule has 8 heteroatoms. The number of hydrogen-bond acceptors (Lipinski definition) is 7. The van der Waals surface area contributed by atoms with Gasteiger partial charge in [-0.1, -0.05) is 13.8 Å². The number of methoxy groups -OCH3 is 2. The molecule has 2 heterocycles. The zero-order valence-electron chi connectivity index (χ0n) is 20.9. The third-order valence-electron chi connectivity index (χ3n) is 5.89. The summed E-state index contributed by atoms with van der Waals surface area (Å²) in [4.78, 5) is 27.9. The van der Waals surface area contributed by atoms with Gasteiger partial charge in [-0.25, -0.2) is 0 Å². The van der Waals surface area contributed by atoms with Gasteiger partial charge in [0, 0.05) is 23.8 Å². The summed E-state index contributed by atoms with van der Waals surface area (Å²) in [6, 6.07) is 12.4. The van der Waals surface area contributed by atoms with E-state index >= 15 is 0 Å². The van der Waals surface area contributed by atoms with Gasteiger partial charge in [0.25, 0.3) is 11.7 Å². The van der Waals surface area contributed by atoms with Crippen LogP contribution in [0, 0.1) is 12.8 Å². The number of hydrogen-bond donors (Lipinski definition) is 1. The minimum atomic E-state index is -0.992. The smallest absolute Gasteiger partial charge is 0.300 e. The number of carbonyl (C=O) groups is 2. The molecular formula is C28H29NO7. The summed E-state index contributed by atoms with van der Waals surface area (Å²) < 4.78 is 22.1. The van der Waals surface area contributed by atoms with Crippen LogP contribution in [0.2, 0.25) is 0 Å². The number of furan rings is 1. The van der Waals surface area contributed by atoms with E-state index in [4.69, 9.17) is 18.6 Å². The van der Waals surface area contributed by atoms with Crippen molar-refractivity contribution in [3.05, 3.63) is 77.3 Å². The van der Waals surface area contributed by atoms with Crippen molar-refractivity contribution in [2.24, 2.45) is 5.92 Å². The highest BCUT2D eigenvalue weighted by Crippen LogP contribution is 2.44. The number of ketones is 1. The van der Waals surface area contributed by atoms with E-state index in [1.165, 1.54) is 25.4 Å². The number of ether oxygens (including phenoxy) is 3. The molecule has 1 saturated heterocycles. The van der Waals surface area contributed by atoms with E-state index in [-0.39, 0.29) is 11.3 Å². The van der Waals surface area contributed by atoms with Crippen molar-refractivity contribution in [2.75, 3.05) is 25.7 Å². The van der Waals surface area contributed by atoms with Crippen molar-refractivity contribution in [3.63, 3.8) is 0 Å². The molecule has 188 valence electrons. The highest BCUT2D eigenvalue weighted by atomic mass is 16.5. The van der Waals surface area contributed by atoms with Crippen molar-refractivity contribution in [3.8, 4) is 17.2 Å². The van der Waals surface area contributed by atoms with Gasteiger partial charge in [-0.05, 0) is 48.7 Å². The normalized spacial score (nSPS) is 17.1. The third kappa shape index (κ3) is 4.66. The highest BCUT2D eigenvalue weighted by molar-refractivity contribution is 6.51. The lowest BCUT2D eigenvalue weighted by atomic mass is 9.98. The Morgan fingerprint density at radius 2 is 1.75 bits per heavy atom. The first-order valence-electron chi connectivity index (χ1n) is 11.6. The molecular weight excluding hydrogens is 462 g/mol. The summed E-state index contributed by atoms with van der Waals surface area (Å²) in [6.07, 6.45) is 1.45. The molecule has 2 aromatic carbocycles. The summed E-state index contributed by atoms with van der Waals surface area (Å²) in [5, 5.41) is 11.3. The quantitative estimate of drug-likeness (QED) is 0.260. The molecule has 0 radical (unpaired) electrons. The molecule has 1 aliphatic rings. The Morgan fingerprint density at radius 3 is 2.31 bits per heavy atom. The van der Waals surface area contributed by atoms with Gasteiger partial charge in [0.05, 0.1) is 38.4 Å². The second-order valence-electron chi connectivity index (χ2n) is 8.94. The van der Waals surface area contributed by atoms with Gasteiger partial charge in [-0.3, -0.25) is 14.5 Å². The monoisotopic (exact) mass is 491 g/mol. The highest BCUT2D eigenvalue weighted by Gasteiger charge is 2.48. The van der Waals surface area contributed by atoms with E-state index in [1.807, 2.05) is 6.92 Å². The Balaban J connectivity index is 1.84. The van der Waals surface area contributed by atoms with Crippen LogP contribution in [-0.2, 0) is 9.59 Å². The zero-order valence-corrected chi connectivity index (χ0v) is 20.9. The predicted molar refractivity (Wildman–Crippen MR) is 135 cm³/mol. The number of amides is 1. The third-order valence-corrected chi connectivity index (χ3v) is 5.89. The molecule has 0 bridgehead atoms. The average molecular weight is 492 g/mol. The van der Waals surface area contributed by atoms with Crippen molar-refractivity contribution in [1.29, 1.82) is 0 Å². The fourth-order valence-corrected chi connectivity index (χ4v) is 4.12. The summed E-state index contributed by atoms with van der Waals surface area (Å²) in [6.45, 7) is 6.53. The van der Waals surface area contributed by atoms with E-state index < -0.39 is 17.7 Å². The largest absolute Gasteiger partial charge is 0.507 e. The average Bonchev–Trinajstić information content (AvgIpc) is 3.49. The fourth-order valence-electron chi connectivity index (χ4n) is 4.12. The van der Waals surface area contributed by atoms with Gasteiger partial charge in [-0.2, -0.15) is 0 Å². The number of benzene rings is 2. The molecule has 1 N–H and O–H groups in total. The molecule has 0 aliphatic carbocycles. The Morgan fingerprint density at radius 1 is 1.06 bits per heavy atom. The van der Waals surface area contributed by atoms with Crippen LogP contribution in [0.3, 0.4) is 0 Å². The van der Waals surface area contributed by atoms with Crippen LogP contribution in [0.5, 0.6) is 17.2 Å². The summed E-state index contributed by atoms with van der Waals surface area (Å²) in [7, 11) is 2.99. The lowest BCUT2D eigenvalue weighted by molar-refractivity contribution is -0.132. The molecule has 1 aromatic heterocycles. The van der Waals surface area contributed by atoms with Crippen LogP contribution < -0.4 is 19.1 Å². The molecule has 8 nitrogen and oxygen atoms in total. The standard InChI is InChI=1S/C28H29NO7/c1-16(2)15-36-22-9-8-18(11-17(22)3)26(30)24-25(23-7-6-10-35-23)29(28(32)27(24)31)19-12-20(33-4)14-21(13-19)34-5/h6-14,16,25,30H,15H2,1-5H3/b26-24-. The molecule has 3 aromatic rings. The van der Waals surface area contributed by atoms with Crippen molar-refractivity contribution in [2.45, 2.75) is 26.8 Å². The number of anilines is 1. The van der Waals surface area contributed by atoms with Gasteiger partial charge < -0.3 is 23.7 Å². The maximum atomic E-state index is 13.3. The van der Waals surface area contributed by atoms with Crippen LogP contribution in [-0.4, -0.2) is 37.6 Å². The molecule has 1 aliphatic heterocycles. The molecule has 1 amide bonds. The molecule has 36 heavy (non-hydrogen) atoms. The zero-order chi connectivity index (χ0) is 26.0. The Kier molecular flexibility index (Phi) is 7.05. The SMILES string of the molecule is COc1cc(OC)cc(N2C(=O)C(=O)/C(=C(\O)c3ccc(OCC(C)C)c(C)c3)C2c2ccco2)c1. The van der Waals surface area contributed by atoms with Crippen LogP contribution in [0.25, 0.3) is 5.76 Å². The number of carbonyl (C=O) groups excluding carboxylic acids is 2. The molecule has 1 atom stereocenters. The first-order chi connectivity index (χ1) is 17.2.